The van der Waals surface area contributed by atoms with Crippen molar-refractivity contribution in [3.63, 3.8) is 0 Å². The van der Waals surface area contributed by atoms with Crippen LogP contribution >= 0.6 is 15.9 Å². The molecule has 0 fully saturated rings. The lowest BCUT2D eigenvalue weighted by Gasteiger charge is -2.06. The zero-order valence-corrected chi connectivity index (χ0v) is 14.3. The minimum atomic E-state index is -0.350. The number of carbonyl (C=O) groups is 1. The van der Waals surface area contributed by atoms with Crippen molar-refractivity contribution in [2.75, 3.05) is 14.2 Å². The van der Waals surface area contributed by atoms with Crippen molar-refractivity contribution in [2.45, 2.75) is 0 Å². The highest BCUT2D eigenvalue weighted by molar-refractivity contribution is 9.10. The highest BCUT2D eigenvalue weighted by atomic mass is 79.9. The molecule has 0 saturated heterocycles. The molecule has 0 aliphatic heterocycles. The van der Waals surface area contributed by atoms with E-state index < -0.39 is 0 Å². The van der Waals surface area contributed by atoms with Gasteiger partial charge in [0.2, 0.25) is 5.78 Å². The molecule has 0 amide bonds. The number of carbonyl (C=O) groups excluding carboxylic acids is 1. The SMILES string of the molecule is COc1ccc(C(=O)/C(C#N)=C\c2cc(Br)ccc2OC)cc1. The van der Waals surface area contributed by atoms with Gasteiger partial charge in [0.15, 0.2) is 0 Å². The van der Waals surface area contributed by atoms with E-state index in [1.165, 1.54) is 13.2 Å². The topological polar surface area (TPSA) is 59.3 Å². The van der Waals surface area contributed by atoms with Gasteiger partial charge in [0.1, 0.15) is 23.1 Å². The van der Waals surface area contributed by atoms with E-state index in [-0.39, 0.29) is 11.4 Å². The van der Waals surface area contributed by atoms with E-state index in [1.807, 2.05) is 12.1 Å². The van der Waals surface area contributed by atoms with Gasteiger partial charge in [-0.3, -0.25) is 4.79 Å². The molecule has 0 aliphatic carbocycles. The summed E-state index contributed by atoms with van der Waals surface area (Å²) in [6.45, 7) is 0. The maximum atomic E-state index is 12.5. The number of benzene rings is 2. The summed E-state index contributed by atoms with van der Waals surface area (Å²) >= 11 is 3.37. The maximum absolute atomic E-state index is 12.5. The van der Waals surface area contributed by atoms with Crippen molar-refractivity contribution in [3.05, 3.63) is 63.6 Å². The predicted octanol–water partition coefficient (Wildman–Crippen LogP) is 4.26. The Morgan fingerprint density at radius 3 is 2.39 bits per heavy atom. The Kier molecular flexibility index (Phi) is 5.56. The third-order valence-electron chi connectivity index (χ3n) is 3.21. The molecular formula is C18H14BrNO3. The normalized spacial score (nSPS) is 10.8. The van der Waals surface area contributed by atoms with Crippen molar-refractivity contribution in [2.24, 2.45) is 0 Å². The molecule has 0 atom stereocenters. The average molecular weight is 372 g/mol. The summed E-state index contributed by atoms with van der Waals surface area (Å²) in [5.41, 5.74) is 1.11. The Hall–Kier alpha value is -2.58. The lowest BCUT2D eigenvalue weighted by atomic mass is 10.0. The minimum Gasteiger partial charge on any atom is -0.497 e. The molecule has 5 heteroatoms. The van der Waals surface area contributed by atoms with Gasteiger partial charge < -0.3 is 9.47 Å². The molecule has 0 N–H and O–H groups in total. The second-order valence-electron chi connectivity index (χ2n) is 4.61. The van der Waals surface area contributed by atoms with E-state index in [0.717, 1.165) is 4.47 Å². The molecule has 23 heavy (non-hydrogen) atoms. The number of Topliss-reactive ketones (excluding diaryl/α,β-unsaturated/α-hetero) is 1. The molecule has 116 valence electrons. The summed E-state index contributed by atoms with van der Waals surface area (Å²) in [6, 6.07) is 14.0. The Balaban J connectivity index is 2.40. The number of ether oxygens (including phenoxy) is 2. The summed E-state index contributed by atoms with van der Waals surface area (Å²) in [7, 11) is 3.09. The van der Waals surface area contributed by atoms with Crippen molar-refractivity contribution in [3.8, 4) is 17.6 Å². The summed E-state index contributed by atoms with van der Waals surface area (Å²) in [6.07, 6.45) is 1.52. The highest BCUT2D eigenvalue weighted by Crippen LogP contribution is 2.26. The number of hydrogen-bond acceptors (Lipinski definition) is 4. The van der Waals surface area contributed by atoms with Gasteiger partial charge in [0.05, 0.1) is 14.2 Å². The third kappa shape index (κ3) is 3.99. The van der Waals surface area contributed by atoms with Crippen LogP contribution in [0.1, 0.15) is 15.9 Å². The zero-order chi connectivity index (χ0) is 16.8. The molecular weight excluding hydrogens is 358 g/mol. The van der Waals surface area contributed by atoms with Crippen LogP contribution in [0.3, 0.4) is 0 Å². The first-order valence-electron chi connectivity index (χ1n) is 6.73. The van der Waals surface area contributed by atoms with Crippen molar-refractivity contribution >= 4 is 27.8 Å². The largest absolute Gasteiger partial charge is 0.497 e. The monoisotopic (exact) mass is 371 g/mol. The number of allylic oxidation sites excluding steroid dienone is 1. The van der Waals surface area contributed by atoms with Crippen LogP contribution in [0.2, 0.25) is 0 Å². The molecule has 2 aromatic carbocycles. The van der Waals surface area contributed by atoms with Gasteiger partial charge in [-0.1, -0.05) is 15.9 Å². The van der Waals surface area contributed by atoms with Crippen LogP contribution in [-0.4, -0.2) is 20.0 Å². The van der Waals surface area contributed by atoms with Crippen LogP contribution < -0.4 is 9.47 Å². The van der Waals surface area contributed by atoms with Gasteiger partial charge in [0, 0.05) is 15.6 Å². The van der Waals surface area contributed by atoms with Gasteiger partial charge in [-0.15, -0.1) is 0 Å². The molecule has 0 heterocycles. The van der Waals surface area contributed by atoms with E-state index in [4.69, 9.17) is 9.47 Å². The van der Waals surface area contributed by atoms with Crippen LogP contribution in [-0.2, 0) is 0 Å². The van der Waals surface area contributed by atoms with Crippen molar-refractivity contribution in [1.82, 2.24) is 0 Å². The molecule has 0 radical (unpaired) electrons. The fourth-order valence-electron chi connectivity index (χ4n) is 2.02. The first kappa shape index (κ1) is 16.8. The number of hydrogen-bond donors (Lipinski definition) is 0. The van der Waals surface area contributed by atoms with Crippen LogP contribution in [0, 0.1) is 11.3 Å². The van der Waals surface area contributed by atoms with E-state index >= 15 is 0 Å². The second kappa shape index (κ2) is 7.61. The quantitative estimate of drug-likeness (QED) is 0.447. The number of methoxy groups -OCH3 is 2. The number of nitrogens with zero attached hydrogens (tertiary/aromatic N) is 1. The van der Waals surface area contributed by atoms with Crippen LogP contribution in [0.25, 0.3) is 6.08 Å². The van der Waals surface area contributed by atoms with Gasteiger partial charge in [-0.05, 0) is 48.5 Å². The average Bonchev–Trinajstić information content (AvgIpc) is 2.59. The fourth-order valence-corrected chi connectivity index (χ4v) is 2.40. The molecule has 0 bridgehead atoms. The highest BCUT2D eigenvalue weighted by Gasteiger charge is 2.13. The summed E-state index contributed by atoms with van der Waals surface area (Å²) in [4.78, 5) is 12.5. The van der Waals surface area contributed by atoms with Gasteiger partial charge in [-0.2, -0.15) is 5.26 Å². The molecule has 0 spiro atoms. The predicted molar refractivity (Wildman–Crippen MR) is 91.6 cm³/mol. The number of rotatable bonds is 5. The van der Waals surface area contributed by atoms with Gasteiger partial charge in [0.25, 0.3) is 0 Å². The standard InChI is InChI=1S/C18H14BrNO3/c1-22-16-6-3-12(4-7-16)18(21)14(11-20)9-13-10-15(19)5-8-17(13)23-2/h3-10H,1-2H3/b14-9-. The summed E-state index contributed by atoms with van der Waals surface area (Å²) in [5.74, 6) is 0.887. The Morgan fingerprint density at radius 1 is 1.13 bits per heavy atom. The summed E-state index contributed by atoms with van der Waals surface area (Å²) in [5, 5.41) is 9.34. The van der Waals surface area contributed by atoms with Crippen molar-refractivity contribution in [1.29, 1.82) is 5.26 Å². The Bertz CT molecular complexity index is 789. The first-order valence-corrected chi connectivity index (χ1v) is 7.52. The molecule has 0 aliphatic rings. The van der Waals surface area contributed by atoms with E-state index in [0.29, 0.717) is 22.6 Å². The lowest BCUT2D eigenvalue weighted by molar-refractivity contribution is 0.104. The zero-order valence-electron chi connectivity index (χ0n) is 12.7. The smallest absolute Gasteiger partial charge is 0.203 e. The molecule has 0 saturated carbocycles. The van der Waals surface area contributed by atoms with Crippen LogP contribution in [0.5, 0.6) is 11.5 Å². The van der Waals surface area contributed by atoms with E-state index in [1.54, 1.807) is 43.5 Å². The van der Waals surface area contributed by atoms with Gasteiger partial charge >= 0.3 is 0 Å². The van der Waals surface area contributed by atoms with Crippen LogP contribution in [0.15, 0.2) is 52.5 Å². The summed E-state index contributed by atoms with van der Waals surface area (Å²) < 4.78 is 11.2. The van der Waals surface area contributed by atoms with Crippen molar-refractivity contribution < 1.29 is 14.3 Å². The number of ketones is 1. The second-order valence-corrected chi connectivity index (χ2v) is 5.53. The Labute approximate surface area is 143 Å². The number of nitriles is 1. The molecule has 2 rings (SSSR count). The first-order chi connectivity index (χ1) is 11.1. The molecule has 0 aromatic heterocycles. The minimum absolute atomic E-state index is 0.0339. The fraction of sp³-hybridized carbons (Fsp3) is 0.111. The van der Waals surface area contributed by atoms with E-state index in [2.05, 4.69) is 15.9 Å². The maximum Gasteiger partial charge on any atom is 0.203 e. The lowest BCUT2D eigenvalue weighted by Crippen LogP contribution is -2.02. The number of halogens is 1. The van der Waals surface area contributed by atoms with Crippen LogP contribution in [0.4, 0.5) is 0 Å². The Morgan fingerprint density at radius 2 is 1.83 bits per heavy atom. The van der Waals surface area contributed by atoms with Gasteiger partial charge in [-0.25, -0.2) is 0 Å². The third-order valence-corrected chi connectivity index (χ3v) is 3.70. The van der Waals surface area contributed by atoms with E-state index in [9.17, 15) is 10.1 Å². The molecule has 0 unspecified atom stereocenters. The molecule has 4 nitrogen and oxygen atoms in total. The molecule has 2 aromatic rings.